The second-order valence-corrected chi connectivity index (χ2v) is 6.56. The first kappa shape index (κ1) is 14.0. The molecule has 0 bridgehead atoms. The molecule has 0 saturated heterocycles. The lowest BCUT2D eigenvalue weighted by Crippen LogP contribution is -2.31. The van der Waals surface area contributed by atoms with Crippen LogP contribution in [0.1, 0.15) is 5.56 Å². The number of nitrogens with two attached hydrogens (primary N) is 1. The van der Waals surface area contributed by atoms with Crippen molar-refractivity contribution in [3.63, 3.8) is 0 Å². The monoisotopic (exact) mass is 362 g/mol. The fourth-order valence-electron chi connectivity index (χ4n) is 2.20. The first-order valence-electron chi connectivity index (χ1n) is 6.22. The fraction of sp³-hybridized carbons (Fsp3) is 0.0667. The Bertz CT molecular complexity index is 926. The summed E-state index contributed by atoms with van der Waals surface area (Å²) in [6.07, 6.45) is 0. The van der Waals surface area contributed by atoms with E-state index < -0.39 is 0 Å². The van der Waals surface area contributed by atoms with Crippen LogP contribution in [0, 0.1) is 0 Å². The highest BCUT2D eigenvalue weighted by Gasteiger charge is 2.09. The van der Waals surface area contributed by atoms with E-state index in [2.05, 4.69) is 15.9 Å². The minimum atomic E-state index is -0.270. The molecule has 3 aromatic rings. The minimum absolute atomic E-state index is 0.211. The zero-order valence-electron chi connectivity index (χ0n) is 10.9. The number of aromatic nitrogens is 1. The largest absolute Gasteiger partial charge is 0.399 e. The van der Waals surface area contributed by atoms with Crippen molar-refractivity contribution in [3.05, 3.63) is 72.5 Å². The summed E-state index contributed by atoms with van der Waals surface area (Å²) in [6, 6.07) is 12.5. The average molecular weight is 363 g/mol. The van der Waals surface area contributed by atoms with Crippen LogP contribution >= 0.6 is 27.3 Å². The normalized spacial score (nSPS) is 10.9. The van der Waals surface area contributed by atoms with E-state index in [0.717, 1.165) is 21.4 Å². The van der Waals surface area contributed by atoms with Gasteiger partial charge in [-0.25, -0.2) is 0 Å². The van der Waals surface area contributed by atoms with Crippen LogP contribution in [-0.2, 0) is 6.54 Å². The van der Waals surface area contributed by atoms with Gasteiger partial charge in [0.25, 0.3) is 5.56 Å². The maximum Gasteiger partial charge on any atom is 0.310 e. The quantitative estimate of drug-likeness (QED) is 0.712. The fourth-order valence-corrected chi connectivity index (χ4v) is 3.61. The van der Waals surface area contributed by atoms with Gasteiger partial charge in [-0.3, -0.25) is 14.2 Å². The molecular formula is C15H11BrN2O2S. The van der Waals surface area contributed by atoms with E-state index in [0.29, 0.717) is 15.8 Å². The maximum absolute atomic E-state index is 12.5. The van der Waals surface area contributed by atoms with E-state index in [4.69, 9.17) is 5.73 Å². The lowest BCUT2D eigenvalue weighted by Gasteiger charge is -2.07. The molecule has 0 saturated carbocycles. The SMILES string of the molecule is Nc1cc(Br)cc(Cn2c(=O)sc3ccccc3c2=O)c1. The molecular weight excluding hydrogens is 352 g/mol. The molecule has 0 atom stereocenters. The number of fused-ring (bicyclic) bond motifs is 1. The number of hydrogen-bond acceptors (Lipinski definition) is 4. The third-order valence-electron chi connectivity index (χ3n) is 3.10. The molecule has 106 valence electrons. The predicted octanol–water partition coefficient (Wildman–Crippen LogP) is 2.82. The molecule has 0 aliphatic rings. The summed E-state index contributed by atoms with van der Waals surface area (Å²) in [7, 11) is 0. The van der Waals surface area contributed by atoms with Crippen LogP contribution in [0.3, 0.4) is 0 Å². The topological polar surface area (TPSA) is 65.1 Å². The van der Waals surface area contributed by atoms with Gasteiger partial charge in [-0.1, -0.05) is 39.4 Å². The Balaban J connectivity index is 2.17. The molecule has 1 aromatic heterocycles. The van der Waals surface area contributed by atoms with E-state index in [-0.39, 0.29) is 17.0 Å². The average Bonchev–Trinajstić information content (AvgIpc) is 2.42. The number of nitrogen functional groups attached to an aromatic ring is 1. The Labute approximate surface area is 132 Å². The molecule has 0 aliphatic carbocycles. The Morgan fingerprint density at radius 2 is 1.90 bits per heavy atom. The van der Waals surface area contributed by atoms with E-state index in [1.165, 1.54) is 4.57 Å². The van der Waals surface area contributed by atoms with Crippen molar-refractivity contribution in [2.45, 2.75) is 6.54 Å². The maximum atomic E-state index is 12.5. The molecule has 3 rings (SSSR count). The molecule has 2 N–H and O–H groups in total. The van der Waals surface area contributed by atoms with Crippen molar-refractivity contribution < 1.29 is 0 Å². The Morgan fingerprint density at radius 1 is 1.14 bits per heavy atom. The van der Waals surface area contributed by atoms with E-state index in [1.807, 2.05) is 12.1 Å². The zero-order valence-corrected chi connectivity index (χ0v) is 13.3. The van der Waals surface area contributed by atoms with Crippen molar-refractivity contribution in [3.8, 4) is 0 Å². The number of anilines is 1. The highest BCUT2D eigenvalue weighted by molar-refractivity contribution is 9.10. The van der Waals surface area contributed by atoms with Crippen molar-refractivity contribution in [1.29, 1.82) is 0 Å². The zero-order chi connectivity index (χ0) is 15.0. The minimum Gasteiger partial charge on any atom is -0.399 e. The second kappa shape index (κ2) is 5.46. The van der Waals surface area contributed by atoms with Gasteiger partial charge >= 0.3 is 4.87 Å². The molecule has 0 radical (unpaired) electrons. The molecule has 0 aliphatic heterocycles. The lowest BCUT2D eigenvalue weighted by molar-refractivity contribution is 0.752. The summed E-state index contributed by atoms with van der Waals surface area (Å²) in [5, 5.41) is 0.560. The molecule has 0 spiro atoms. The van der Waals surface area contributed by atoms with Gasteiger partial charge in [0.1, 0.15) is 0 Å². The summed E-state index contributed by atoms with van der Waals surface area (Å²) < 4.78 is 2.77. The summed E-state index contributed by atoms with van der Waals surface area (Å²) in [5.41, 5.74) is 6.91. The number of nitrogens with zero attached hydrogens (tertiary/aromatic N) is 1. The number of halogens is 1. The number of benzene rings is 2. The van der Waals surface area contributed by atoms with E-state index in [1.54, 1.807) is 30.3 Å². The Hall–Kier alpha value is -1.92. The smallest absolute Gasteiger partial charge is 0.310 e. The molecule has 21 heavy (non-hydrogen) atoms. The van der Waals surface area contributed by atoms with Gasteiger partial charge < -0.3 is 5.73 Å². The lowest BCUT2D eigenvalue weighted by atomic mass is 10.2. The van der Waals surface area contributed by atoms with Gasteiger partial charge in [-0.15, -0.1) is 0 Å². The molecule has 1 heterocycles. The van der Waals surface area contributed by atoms with Crippen molar-refractivity contribution in [2.75, 3.05) is 5.73 Å². The van der Waals surface area contributed by atoms with Gasteiger partial charge in [0, 0.05) is 14.9 Å². The van der Waals surface area contributed by atoms with Gasteiger partial charge in [0.15, 0.2) is 0 Å². The van der Waals surface area contributed by atoms with Crippen LogP contribution in [0.25, 0.3) is 10.1 Å². The highest BCUT2D eigenvalue weighted by Crippen LogP contribution is 2.18. The van der Waals surface area contributed by atoms with Crippen molar-refractivity contribution in [2.24, 2.45) is 0 Å². The van der Waals surface area contributed by atoms with E-state index in [9.17, 15) is 9.59 Å². The first-order valence-corrected chi connectivity index (χ1v) is 7.83. The van der Waals surface area contributed by atoms with Crippen LogP contribution in [-0.4, -0.2) is 4.57 Å². The van der Waals surface area contributed by atoms with Crippen LogP contribution in [0.2, 0.25) is 0 Å². The van der Waals surface area contributed by atoms with Crippen LogP contribution in [0.5, 0.6) is 0 Å². The van der Waals surface area contributed by atoms with Crippen molar-refractivity contribution >= 4 is 43.0 Å². The molecule has 0 unspecified atom stereocenters. The standard InChI is InChI=1S/C15H11BrN2O2S/c16-10-5-9(6-11(17)7-10)8-18-14(19)12-3-1-2-4-13(12)21-15(18)20/h1-7H,8,17H2. The third-order valence-corrected chi connectivity index (χ3v) is 4.53. The Morgan fingerprint density at radius 3 is 2.67 bits per heavy atom. The van der Waals surface area contributed by atoms with Crippen LogP contribution in [0.4, 0.5) is 5.69 Å². The third kappa shape index (κ3) is 2.77. The van der Waals surface area contributed by atoms with Gasteiger partial charge in [0.2, 0.25) is 0 Å². The number of hydrogen-bond donors (Lipinski definition) is 1. The van der Waals surface area contributed by atoms with Crippen LogP contribution in [0.15, 0.2) is 56.5 Å². The molecule has 2 aromatic carbocycles. The molecule has 4 nitrogen and oxygen atoms in total. The highest BCUT2D eigenvalue weighted by atomic mass is 79.9. The van der Waals surface area contributed by atoms with Crippen LogP contribution < -0.4 is 16.2 Å². The Kier molecular flexibility index (Phi) is 3.65. The second-order valence-electron chi connectivity index (χ2n) is 4.65. The van der Waals surface area contributed by atoms with Gasteiger partial charge in [0.05, 0.1) is 11.9 Å². The van der Waals surface area contributed by atoms with Crippen molar-refractivity contribution in [1.82, 2.24) is 4.57 Å². The predicted molar refractivity (Wildman–Crippen MR) is 90.0 cm³/mol. The summed E-state index contributed by atoms with van der Waals surface area (Å²) in [5.74, 6) is 0. The summed E-state index contributed by atoms with van der Waals surface area (Å²) >= 11 is 4.43. The molecule has 0 fully saturated rings. The first-order chi connectivity index (χ1) is 10.0. The molecule has 6 heteroatoms. The van der Waals surface area contributed by atoms with E-state index >= 15 is 0 Å². The van der Waals surface area contributed by atoms with Gasteiger partial charge in [-0.05, 0) is 35.9 Å². The number of rotatable bonds is 2. The molecule has 0 amide bonds. The summed E-state index contributed by atoms with van der Waals surface area (Å²) in [4.78, 5) is 24.4. The van der Waals surface area contributed by atoms with Gasteiger partial charge in [-0.2, -0.15) is 0 Å². The summed E-state index contributed by atoms with van der Waals surface area (Å²) in [6.45, 7) is 0.211.